The molecule has 10 heteroatoms. The smallest absolute Gasteiger partial charge is 0.408 e. The van der Waals surface area contributed by atoms with Gasteiger partial charge in [0.05, 0.1) is 30.7 Å². The minimum Gasteiger partial charge on any atom is -0.497 e. The number of amides is 2. The summed E-state index contributed by atoms with van der Waals surface area (Å²) in [5.41, 5.74) is 1.59. The Morgan fingerprint density at radius 2 is 1.82 bits per heavy atom. The molecule has 1 saturated heterocycles. The Hall–Kier alpha value is -3.43. The number of fused-ring (bicyclic) bond motifs is 7. The normalized spacial score (nSPS) is 32.7. The number of Topliss-reactive ketones (excluding diaryl/α,β-unsaturated/α-hetero) is 1. The molecule has 0 spiro atoms. The zero-order chi connectivity index (χ0) is 31.3. The highest BCUT2D eigenvalue weighted by atomic mass is 16.6. The molecule has 2 aliphatic carbocycles. The number of rotatable bonds is 2. The lowest BCUT2D eigenvalue weighted by Gasteiger charge is -2.35. The largest absolute Gasteiger partial charge is 0.497 e. The fourth-order valence-corrected chi connectivity index (χ4v) is 7.81. The van der Waals surface area contributed by atoms with Crippen LogP contribution in [0.15, 0.2) is 18.2 Å². The van der Waals surface area contributed by atoms with Gasteiger partial charge in [-0.15, -0.1) is 0 Å². The number of aryl methyl sites for hydroxylation is 1. The molecule has 2 amide bonds. The van der Waals surface area contributed by atoms with E-state index in [-0.39, 0.29) is 30.3 Å². The summed E-state index contributed by atoms with van der Waals surface area (Å²) >= 11 is 0. The van der Waals surface area contributed by atoms with E-state index in [1.807, 2.05) is 45.9 Å². The first kappa shape index (κ1) is 30.6. The molecule has 3 fully saturated rings. The number of nitrogens with zero attached hydrogens (tertiary/aromatic N) is 3. The highest BCUT2D eigenvalue weighted by molar-refractivity contribution is 5.92. The van der Waals surface area contributed by atoms with E-state index in [0.29, 0.717) is 41.3 Å². The first-order valence-electron chi connectivity index (χ1n) is 16.2. The molecule has 44 heavy (non-hydrogen) atoms. The van der Waals surface area contributed by atoms with Crippen molar-refractivity contribution in [3.63, 3.8) is 0 Å². The minimum atomic E-state index is -0.875. The van der Waals surface area contributed by atoms with Crippen LogP contribution in [0.5, 0.6) is 11.6 Å². The number of carbonyl (C=O) groups is 3. The molecule has 10 nitrogen and oxygen atoms in total. The predicted molar refractivity (Wildman–Crippen MR) is 164 cm³/mol. The summed E-state index contributed by atoms with van der Waals surface area (Å²) < 4.78 is 18.1. The monoisotopic (exact) mass is 606 g/mol. The van der Waals surface area contributed by atoms with Crippen LogP contribution in [-0.4, -0.2) is 70.6 Å². The van der Waals surface area contributed by atoms with Crippen molar-refractivity contribution in [2.45, 2.75) is 104 Å². The van der Waals surface area contributed by atoms with Crippen molar-refractivity contribution in [1.29, 1.82) is 0 Å². The number of ketones is 1. The summed E-state index contributed by atoms with van der Waals surface area (Å²) in [4.78, 5) is 52.0. The van der Waals surface area contributed by atoms with Crippen molar-refractivity contribution in [1.82, 2.24) is 20.2 Å². The van der Waals surface area contributed by atoms with Crippen LogP contribution in [0.25, 0.3) is 11.0 Å². The quantitative estimate of drug-likeness (QED) is 0.501. The van der Waals surface area contributed by atoms with Crippen LogP contribution in [-0.2, 0) is 20.7 Å². The molecular formula is C34H46N4O6. The van der Waals surface area contributed by atoms with Crippen LogP contribution in [0.3, 0.4) is 0 Å². The first-order chi connectivity index (χ1) is 20.9. The summed E-state index contributed by atoms with van der Waals surface area (Å²) in [7, 11) is 1.61. The lowest BCUT2D eigenvalue weighted by Crippen LogP contribution is -2.57. The summed E-state index contributed by atoms with van der Waals surface area (Å²) in [5.74, 6) is 1.99. The molecule has 4 aliphatic rings. The van der Waals surface area contributed by atoms with Crippen molar-refractivity contribution in [3.05, 3.63) is 23.9 Å². The highest BCUT2D eigenvalue weighted by Crippen LogP contribution is 2.57. The molecule has 0 radical (unpaired) electrons. The molecule has 3 heterocycles. The van der Waals surface area contributed by atoms with Crippen LogP contribution in [0.1, 0.15) is 78.8 Å². The van der Waals surface area contributed by atoms with Gasteiger partial charge in [0, 0.05) is 12.0 Å². The van der Waals surface area contributed by atoms with Crippen molar-refractivity contribution in [2.75, 3.05) is 13.7 Å². The van der Waals surface area contributed by atoms with Crippen LogP contribution in [0.2, 0.25) is 0 Å². The Labute approximate surface area is 259 Å². The molecule has 1 aromatic heterocycles. The zero-order valence-corrected chi connectivity index (χ0v) is 26.8. The molecule has 8 atom stereocenters. The highest BCUT2D eigenvalue weighted by Gasteiger charge is 2.55. The number of hydrogen-bond acceptors (Lipinski definition) is 8. The average molecular weight is 607 g/mol. The molecule has 2 saturated carbocycles. The summed E-state index contributed by atoms with van der Waals surface area (Å²) in [5, 5.41) is 2.92. The number of benzene rings is 1. The van der Waals surface area contributed by atoms with Crippen molar-refractivity contribution in [3.8, 4) is 11.6 Å². The van der Waals surface area contributed by atoms with Crippen LogP contribution >= 0.6 is 0 Å². The van der Waals surface area contributed by atoms with Gasteiger partial charge in [-0.2, -0.15) is 0 Å². The van der Waals surface area contributed by atoms with Gasteiger partial charge >= 0.3 is 6.09 Å². The van der Waals surface area contributed by atoms with E-state index in [2.05, 4.69) is 5.32 Å². The van der Waals surface area contributed by atoms with E-state index in [9.17, 15) is 14.4 Å². The summed E-state index contributed by atoms with van der Waals surface area (Å²) in [6.45, 7) is 9.37. The Morgan fingerprint density at radius 1 is 1.02 bits per heavy atom. The van der Waals surface area contributed by atoms with Crippen LogP contribution in [0.4, 0.5) is 4.79 Å². The fraction of sp³-hybridized carbons (Fsp3) is 0.676. The second-order valence-electron chi connectivity index (χ2n) is 14.4. The molecule has 2 unspecified atom stereocenters. The topological polar surface area (TPSA) is 120 Å². The average Bonchev–Trinajstić information content (AvgIpc) is 3.53. The molecule has 238 valence electrons. The molecule has 2 aliphatic heterocycles. The molecule has 1 N–H and O–H groups in total. The molecule has 6 rings (SSSR count). The third-order valence-electron chi connectivity index (χ3n) is 10.3. The number of carbonyl (C=O) groups excluding carboxylic acids is 3. The number of hydrogen-bond donors (Lipinski definition) is 1. The Morgan fingerprint density at radius 3 is 2.55 bits per heavy atom. The predicted octanol–water partition coefficient (Wildman–Crippen LogP) is 5.10. The van der Waals surface area contributed by atoms with Crippen molar-refractivity contribution >= 4 is 28.8 Å². The van der Waals surface area contributed by atoms with Gasteiger partial charge in [-0.1, -0.05) is 40.5 Å². The van der Waals surface area contributed by atoms with Gasteiger partial charge in [-0.3, -0.25) is 9.59 Å². The third-order valence-corrected chi connectivity index (χ3v) is 10.3. The van der Waals surface area contributed by atoms with Gasteiger partial charge in [0.25, 0.3) is 0 Å². The second-order valence-corrected chi connectivity index (χ2v) is 14.4. The zero-order valence-electron chi connectivity index (χ0n) is 26.8. The standard InChI is InChI=1S/C34H46N4O6/c1-18-28-17-38(29(18)19(2)39)32(40)30(34(3,4)5)37-33(41)44-27-15-20-14-23(20)22(27)10-8-7-9-11-25-31(43-28)36-26-16-21(42-6)12-13-24(26)35-25/h12-13,16,18,20,22-23,27-30H,7-11,14-15,17H2,1-6H3,(H,37,41)/t18-,20?,22-,23?,27-,28+,29+,30-/m1/s1. The van der Waals surface area contributed by atoms with E-state index < -0.39 is 29.7 Å². The molecule has 1 aromatic carbocycles. The summed E-state index contributed by atoms with van der Waals surface area (Å²) in [6, 6.07) is 4.05. The van der Waals surface area contributed by atoms with Gasteiger partial charge in [-0.05, 0) is 74.3 Å². The molecular weight excluding hydrogens is 560 g/mol. The van der Waals surface area contributed by atoms with Crippen LogP contribution in [0, 0.1) is 29.1 Å². The lowest BCUT2D eigenvalue weighted by molar-refractivity contribution is -0.141. The maximum absolute atomic E-state index is 14.2. The van der Waals surface area contributed by atoms with E-state index in [1.165, 1.54) is 13.3 Å². The van der Waals surface area contributed by atoms with E-state index in [0.717, 1.165) is 43.3 Å². The van der Waals surface area contributed by atoms with E-state index in [4.69, 9.17) is 24.2 Å². The number of ether oxygens (including phenoxy) is 3. The third kappa shape index (κ3) is 5.96. The Bertz CT molecular complexity index is 1440. The fourth-order valence-electron chi connectivity index (χ4n) is 7.81. The van der Waals surface area contributed by atoms with Gasteiger partial charge in [-0.25, -0.2) is 14.8 Å². The Balaban J connectivity index is 1.36. The van der Waals surface area contributed by atoms with Gasteiger partial charge < -0.3 is 24.4 Å². The minimum absolute atomic E-state index is 0.124. The van der Waals surface area contributed by atoms with E-state index >= 15 is 0 Å². The van der Waals surface area contributed by atoms with Crippen molar-refractivity contribution < 1.29 is 28.6 Å². The number of alkyl carbamates (subject to hydrolysis) is 1. The molecule has 2 aromatic rings. The van der Waals surface area contributed by atoms with E-state index in [1.54, 1.807) is 12.0 Å². The Kier molecular flexibility index (Phi) is 8.22. The SMILES string of the molecule is COc1ccc2nc3c(nc2c1)O[C@H]1CN(C(=O)[C@H](C(C)(C)C)NC(=O)O[C@@H]2CC4CC4[C@H]2CCCCC3)[C@H](C(C)=O)[C@@H]1C. The van der Waals surface area contributed by atoms with Gasteiger partial charge in [0.2, 0.25) is 11.8 Å². The number of nitrogens with one attached hydrogen (secondary N) is 1. The maximum atomic E-state index is 14.2. The number of aromatic nitrogens is 2. The van der Waals surface area contributed by atoms with Gasteiger partial charge in [0.1, 0.15) is 29.7 Å². The summed E-state index contributed by atoms with van der Waals surface area (Å²) in [6.07, 6.45) is 5.66. The lowest BCUT2D eigenvalue weighted by atomic mass is 9.85. The second kappa shape index (κ2) is 11.8. The molecule has 2 bridgehead atoms. The van der Waals surface area contributed by atoms with Crippen molar-refractivity contribution in [2.24, 2.45) is 29.1 Å². The maximum Gasteiger partial charge on any atom is 0.408 e. The number of methoxy groups -OCH3 is 1. The van der Waals surface area contributed by atoms with Gasteiger partial charge in [0.15, 0.2) is 5.78 Å². The first-order valence-corrected chi connectivity index (χ1v) is 16.2. The van der Waals surface area contributed by atoms with Crippen LogP contribution < -0.4 is 14.8 Å².